The predicted octanol–water partition coefficient (Wildman–Crippen LogP) is 4.16. The molecule has 2 heterocycles. The van der Waals surface area contributed by atoms with Gasteiger partial charge in [0, 0.05) is 31.6 Å². The van der Waals surface area contributed by atoms with Gasteiger partial charge in [-0.15, -0.1) is 0 Å². The lowest BCUT2D eigenvalue weighted by molar-refractivity contribution is -0.135. The van der Waals surface area contributed by atoms with Crippen molar-refractivity contribution in [1.82, 2.24) is 9.80 Å². The Kier molecular flexibility index (Phi) is 5.41. The van der Waals surface area contributed by atoms with Crippen molar-refractivity contribution in [1.29, 1.82) is 0 Å². The first-order valence-electron chi connectivity index (χ1n) is 9.44. The Morgan fingerprint density at radius 1 is 1.07 bits per heavy atom. The van der Waals surface area contributed by atoms with E-state index in [0.717, 1.165) is 16.7 Å². The van der Waals surface area contributed by atoms with E-state index in [4.69, 9.17) is 16.0 Å². The smallest absolute Gasteiger partial charge is 0.290 e. The van der Waals surface area contributed by atoms with Gasteiger partial charge >= 0.3 is 0 Å². The molecule has 148 valence electrons. The summed E-state index contributed by atoms with van der Waals surface area (Å²) in [6, 6.07) is 18.0. The van der Waals surface area contributed by atoms with Gasteiger partial charge in [0.2, 0.25) is 5.91 Å². The first kappa shape index (κ1) is 19.3. The molecule has 1 aliphatic rings. The van der Waals surface area contributed by atoms with Crippen molar-refractivity contribution in [2.45, 2.75) is 25.6 Å². The second-order valence-electron chi connectivity index (χ2n) is 7.18. The maximum atomic E-state index is 13.4. The predicted molar refractivity (Wildman–Crippen MR) is 110 cm³/mol. The Hall–Kier alpha value is -3.05. The summed E-state index contributed by atoms with van der Waals surface area (Å²) in [4.78, 5) is 29.7. The van der Waals surface area contributed by atoms with Crippen molar-refractivity contribution in [3.05, 3.63) is 94.4 Å². The van der Waals surface area contributed by atoms with Crippen LogP contribution in [0, 0.1) is 0 Å². The molecule has 3 aromatic rings. The second-order valence-corrected chi connectivity index (χ2v) is 7.59. The maximum Gasteiger partial charge on any atom is 0.290 e. The van der Waals surface area contributed by atoms with E-state index >= 15 is 0 Å². The van der Waals surface area contributed by atoms with Gasteiger partial charge < -0.3 is 14.2 Å². The molecule has 0 fully saturated rings. The first-order valence-corrected chi connectivity index (χ1v) is 9.82. The van der Waals surface area contributed by atoms with Gasteiger partial charge in [0.25, 0.3) is 5.91 Å². The molecule has 0 bridgehead atoms. The fourth-order valence-electron chi connectivity index (χ4n) is 3.71. The van der Waals surface area contributed by atoms with Crippen LogP contribution in [0.2, 0.25) is 5.02 Å². The number of halogens is 1. The quantitative estimate of drug-likeness (QED) is 0.651. The molecule has 1 atom stereocenters. The lowest BCUT2D eigenvalue weighted by atomic mass is 9.93. The molecule has 0 radical (unpaired) electrons. The summed E-state index contributed by atoms with van der Waals surface area (Å²) in [6.07, 6.45) is 1.93. The molecule has 2 aromatic carbocycles. The highest BCUT2D eigenvalue weighted by atomic mass is 35.5. The van der Waals surface area contributed by atoms with Crippen LogP contribution in [0.5, 0.6) is 0 Å². The molecule has 5 nitrogen and oxygen atoms in total. The topological polar surface area (TPSA) is 53.8 Å². The van der Waals surface area contributed by atoms with E-state index in [9.17, 15) is 9.59 Å². The first-order chi connectivity index (χ1) is 14.0. The number of rotatable bonds is 4. The number of likely N-dealkylation sites (N-methyl/N-ethyl adjacent to an activating group) is 1. The molecule has 0 saturated heterocycles. The normalized spacial score (nSPS) is 15.7. The zero-order valence-electron chi connectivity index (χ0n) is 16.0. The average molecular weight is 409 g/mol. The summed E-state index contributed by atoms with van der Waals surface area (Å²) in [5, 5.41) is 0.615. The summed E-state index contributed by atoms with van der Waals surface area (Å²) in [6.45, 7) is 0.742. The van der Waals surface area contributed by atoms with Crippen LogP contribution in [0.1, 0.15) is 27.2 Å². The Bertz CT molecular complexity index is 1030. The number of hydrogen-bond donors (Lipinski definition) is 0. The Morgan fingerprint density at radius 2 is 1.79 bits per heavy atom. The summed E-state index contributed by atoms with van der Waals surface area (Å²) >= 11 is 6.26. The Balaban J connectivity index is 1.62. The minimum absolute atomic E-state index is 0.126. The minimum atomic E-state index is -0.602. The molecule has 0 N–H and O–H groups in total. The zero-order chi connectivity index (χ0) is 20.4. The molecule has 2 amide bonds. The molecule has 1 aliphatic heterocycles. The highest BCUT2D eigenvalue weighted by molar-refractivity contribution is 6.31. The molecular weight excluding hydrogens is 388 g/mol. The molecule has 4 rings (SSSR count). The molecule has 0 spiro atoms. The summed E-state index contributed by atoms with van der Waals surface area (Å²) in [7, 11) is 1.74. The van der Waals surface area contributed by atoms with Gasteiger partial charge in [-0.05, 0) is 34.9 Å². The maximum absolute atomic E-state index is 13.4. The lowest BCUT2D eigenvalue weighted by Crippen LogP contribution is -2.52. The van der Waals surface area contributed by atoms with Crippen molar-refractivity contribution in [3.8, 4) is 0 Å². The van der Waals surface area contributed by atoms with Crippen LogP contribution in [0.3, 0.4) is 0 Å². The van der Waals surface area contributed by atoms with Crippen LogP contribution in [-0.4, -0.2) is 34.7 Å². The van der Waals surface area contributed by atoms with E-state index in [-0.39, 0.29) is 17.6 Å². The largest absolute Gasteiger partial charge is 0.459 e. The second kappa shape index (κ2) is 8.13. The molecule has 0 aliphatic carbocycles. The van der Waals surface area contributed by atoms with Crippen molar-refractivity contribution < 1.29 is 14.0 Å². The van der Waals surface area contributed by atoms with Crippen LogP contribution in [0.4, 0.5) is 0 Å². The zero-order valence-corrected chi connectivity index (χ0v) is 16.8. The molecule has 1 aromatic heterocycles. The number of amides is 2. The van der Waals surface area contributed by atoms with E-state index in [2.05, 4.69) is 0 Å². The molecule has 6 heteroatoms. The minimum Gasteiger partial charge on any atom is -0.459 e. The summed E-state index contributed by atoms with van der Waals surface area (Å²) < 4.78 is 5.30. The van der Waals surface area contributed by atoms with E-state index in [1.54, 1.807) is 35.0 Å². The summed E-state index contributed by atoms with van der Waals surface area (Å²) in [5.74, 6) is -0.177. The van der Waals surface area contributed by atoms with Gasteiger partial charge in [0.05, 0.1) is 6.26 Å². The van der Waals surface area contributed by atoms with Crippen LogP contribution >= 0.6 is 11.6 Å². The number of hydrogen-bond acceptors (Lipinski definition) is 3. The van der Waals surface area contributed by atoms with Gasteiger partial charge in [0.15, 0.2) is 5.76 Å². The third kappa shape index (κ3) is 3.91. The third-order valence-electron chi connectivity index (χ3n) is 5.27. The van der Waals surface area contributed by atoms with E-state index in [1.807, 2.05) is 42.5 Å². The highest BCUT2D eigenvalue weighted by Crippen LogP contribution is 2.27. The van der Waals surface area contributed by atoms with Crippen LogP contribution in [-0.2, 0) is 24.3 Å². The van der Waals surface area contributed by atoms with Gasteiger partial charge in [0.1, 0.15) is 6.04 Å². The Labute approximate surface area is 174 Å². The number of nitrogens with zero attached hydrogens (tertiary/aromatic N) is 2. The monoisotopic (exact) mass is 408 g/mol. The number of fused-ring (bicyclic) bond motifs is 1. The SMILES string of the molecule is CN(Cc1ccccc1Cl)C(=O)C1Cc2ccccc2CN1C(=O)c1ccco1. The van der Waals surface area contributed by atoms with E-state index in [1.165, 1.54) is 6.26 Å². The van der Waals surface area contributed by atoms with Gasteiger partial charge in [-0.1, -0.05) is 54.1 Å². The van der Waals surface area contributed by atoms with Crippen LogP contribution in [0.25, 0.3) is 0 Å². The van der Waals surface area contributed by atoms with Crippen molar-refractivity contribution in [2.24, 2.45) is 0 Å². The van der Waals surface area contributed by atoms with Gasteiger partial charge in [-0.25, -0.2) is 0 Å². The van der Waals surface area contributed by atoms with Crippen LogP contribution < -0.4 is 0 Å². The van der Waals surface area contributed by atoms with Gasteiger partial charge in [-0.2, -0.15) is 0 Å². The fourth-order valence-corrected chi connectivity index (χ4v) is 3.91. The van der Waals surface area contributed by atoms with E-state index in [0.29, 0.717) is 24.5 Å². The molecule has 29 heavy (non-hydrogen) atoms. The summed E-state index contributed by atoms with van der Waals surface area (Å²) in [5.41, 5.74) is 3.00. The number of carbonyl (C=O) groups excluding carboxylic acids is 2. The highest BCUT2D eigenvalue weighted by Gasteiger charge is 2.37. The molecule has 1 unspecified atom stereocenters. The number of benzene rings is 2. The van der Waals surface area contributed by atoms with Crippen molar-refractivity contribution in [2.75, 3.05) is 7.05 Å². The van der Waals surface area contributed by atoms with Crippen LogP contribution in [0.15, 0.2) is 71.3 Å². The van der Waals surface area contributed by atoms with E-state index < -0.39 is 6.04 Å². The number of carbonyl (C=O) groups is 2. The lowest BCUT2D eigenvalue weighted by Gasteiger charge is -2.37. The van der Waals surface area contributed by atoms with Crippen molar-refractivity contribution >= 4 is 23.4 Å². The molecule has 0 saturated carbocycles. The fraction of sp³-hybridized carbons (Fsp3) is 0.217. The Morgan fingerprint density at radius 3 is 2.52 bits per heavy atom. The molecular formula is C23H21ClN2O3. The number of furan rings is 1. The average Bonchev–Trinajstić information content (AvgIpc) is 3.28. The third-order valence-corrected chi connectivity index (χ3v) is 5.64. The standard InChI is InChI=1S/C23H21ClN2O3/c1-25(14-18-9-4-5-10-19(18)24)22(27)20-13-16-7-2-3-8-17(16)15-26(20)23(28)21-11-6-12-29-21/h2-12,20H,13-15H2,1H3. The van der Waals surface area contributed by atoms with Gasteiger partial charge in [-0.3, -0.25) is 9.59 Å². The van der Waals surface area contributed by atoms with Crippen molar-refractivity contribution in [3.63, 3.8) is 0 Å².